The van der Waals surface area contributed by atoms with Gasteiger partial charge in [0.05, 0.1) is 0 Å². The van der Waals surface area contributed by atoms with Crippen molar-refractivity contribution in [2.24, 2.45) is 0 Å². The van der Waals surface area contributed by atoms with E-state index < -0.39 is 16.6 Å². The molecule has 0 aromatic rings. The van der Waals surface area contributed by atoms with Gasteiger partial charge in [-0.25, -0.2) is 0 Å². The summed E-state index contributed by atoms with van der Waals surface area (Å²) in [5.41, 5.74) is 0. The molecule has 0 saturated heterocycles. The summed E-state index contributed by atoms with van der Waals surface area (Å²) >= 11 is 5.20. The van der Waals surface area contributed by atoms with E-state index in [1.807, 2.05) is 8.88 Å². The minimum Gasteiger partial charge on any atom is -0.418 e. The molecule has 0 radical (unpaired) electrons. The van der Waals surface area contributed by atoms with Gasteiger partial charge in [0.25, 0.3) is 0 Å². The first-order valence-electron chi connectivity index (χ1n) is 8.05. The van der Waals surface area contributed by atoms with Gasteiger partial charge in [0.15, 0.2) is 16.6 Å². The summed E-state index contributed by atoms with van der Waals surface area (Å²) in [6.07, 6.45) is 0. The third-order valence-corrected chi connectivity index (χ3v) is 17.6. The normalized spacial score (nSPS) is 16.9. The van der Waals surface area contributed by atoms with E-state index in [-0.39, 0.29) is 9.45 Å². The van der Waals surface area contributed by atoms with Crippen molar-refractivity contribution in [3.63, 3.8) is 0 Å². The average Bonchev–Trinajstić information content (AvgIpc) is 2.33. The summed E-state index contributed by atoms with van der Waals surface area (Å²) in [7, 11) is 0.585. The van der Waals surface area contributed by atoms with E-state index in [1.165, 1.54) is 21.0 Å². The topological polar surface area (TPSA) is 18.5 Å². The van der Waals surface area contributed by atoms with E-state index >= 15 is 0 Å². The maximum absolute atomic E-state index is 6.03. The van der Waals surface area contributed by atoms with E-state index in [0.717, 1.165) is 13.2 Å². The van der Waals surface area contributed by atoms with Crippen molar-refractivity contribution in [1.82, 2.24) is 0 Å². The Kier molecular flexibility index (Phi) is 11.8. The summed E-state index contributed by atoms with van der Waals surface area (Å²) in [6, 6.07) is 2.43. The molecule has 0 saturated carbocycles. The summed E-state index contributed by atoms with van der Waals surface area (Å²) in [5.74, 6) is 0. The fraction of sp³-hybridized carbons (Fsp3) is 1.00. The van der Waals surface area contributed by atoms with Gasteiger partial charge in [0.1, 0.15) is 0 Å². The van der Waals surface area contributed by atoms with Crippen LogP contribution in [0.4, 0.5) is 0 Å². The summed E-state index contributed by atoms with van der Waals surface area (Å²) < 4.78 is 12.1. The van der Waals surface area contributed by atoms with E-state index in [1.54, 1.807) is 0 Å². The lowest BCUT2D eigenvalue weighted by molar-refractivity contribution is 0.329. The molecule has 0 N–H and O–H groups in total. The van der Waals surface area contributed by atoms with Gasteiger partial charge in [-0.1, -0.05) is 13.8 Å². The maximum Gasteiger partial charge on any atom is 0.187 e. The summed E-state index contributed by atoms with van der Waals surface area (Å²) in [5, 5.41) is 1.32. The van der Waals surface area contributed by atoms with Crippen molar-refractivity contribution >= 4 is 55.0 Å². The van der Waals surface area contributed by atoms with Gasteiger partial charge in [-0.3, -0.25) is 0 Å². The smallest absolute Gasteiger partial charge is 0.187 e. The van der Waals surface area contributed by atoms with Crippen LogP contribution in [0, 0.1) is 0 Å². The van der Waals surface area contributed by atoms with Gasteiger partial charge in [-0.05, 0) is 81.1 Å². The van der Waals surface area contributed by atoms with Crippen molar-refractivity contribution in [2.45, 2.75) is 76.5 Å². The van der Waals surface area contributed by atoms with Crippen LogP contribution >= 0.6 is 0 Å². The SMILES string of the molecule is CCO[Si](C)(C)CC(C)S(=S=S=S)C(C)C[Si](C)(C)OCC. The molecule has 2 unspecified atom stereocenters. The molecule has 2 nitrogen and oxygen atoms in total. The molecule has 0 aliphatic carbocycles. The number of hydrogen-bond acceptors (Lipinski definition) is 3. The second-order valence-electron chi connectivity index (χ2n) is 6.88. The Morgan fingerprint density at radius 1 is 0.909 bits per heavy atom. The molecule has 0 aliphatic heterocycles. The predicted octanol–water partition coefficient (Wildman–Crippen LogP) is 4.32. The molecule has 2 atom stereocenters. The van der Waals surface area contributed by atoms with Crippen LogP contribution < -0.4 is 0 Å². The molecular formula is C14H34O2S4Si2. The van der Waals surface area contributed by atoms with Crippen molar-refractivity contribution in [2.75, 3.05) is 13.2 Å². The quantitative estimate of drug-likeness (QED) is 0.492. The molecule has 0 aromatic heterocycles. The third kappa shape index (κ3) is 9.61. The molecule has 134 valence electrons. The second-order valence-corrected chi connectivity index (χ2v) is 22.3. The van der Waals surface area contributed by atoms with Gasteiger partial charge in [-0.15, -0.1) is 9.45 Å². The monoisotopic (exact) mass is 418 g/mol. The van der Waals surface area contributed by atoms with Crippen molar-refractivity contribution in [3.8, 4) is 0 Å². The molecule has 0 heterocycles. The molecule has 0 amide bonds. The maximum atomic E-state index is 6.03. The molecule has 0 aromatic carbocycles. The first-order valence-corrected chi connectivity index (χ1v) is 19.2. The third-order valence-electron chi connectivity index (χ3n) is 3.53. The van der Waals surface area contributed by atoms with Crippen LogP contribution in [0.5, 0.6) is 0 Å². The van der Waals surface area contributed by atoms with Crippen LogP contribution in [0.3, 0.4) is 0 Å². The second kappa shape index (κ2) is 11.1. The van der Waals surface area contributed by atoms with Gasteiger partial charge < -0.3 is 8.85 Å². The lowest BCUT2D eigenvalue weighted by atomic mass is 10.5. The minimum atomic E-state index is -1.55. The minimum absolute atomic E-state index is 0.271. The predicted molar refractivity (Wildman–Crippen MR) is 116 cm³/mol. The van der Waals surface area contributed by atoms with Crippen LogP contribution in [0.25, 0.3) is 0 Å². The van der Waals surface area contributed by atoms with Crippen LogP contribution in [0.1, 0.15) is 27.7 Å². The Bertz CT molecular complexity index is 403. The van der Waals surface area contributed by atoms with Gasteiger partial charge in [0, 0.05) is 23.7 Å². The number of rotatable bonds is 10. The Labute approximate surface area is 153 Å². The molecule has 0 fully saturated rings. The Morgan fingerprint density at radius 3 is 1.55 bits per heavy atom. The van der Waals surface area contributed by atoms with Gasteiger partial charge in [-0.2, -0.15) is 0 Å². The average molecular weight is 419 g/mol. The van der Waals surface area contributed by atoms with Crippen LogP contribution in [0.15, 0.2) is 0 Å². The highest BCUT2D eigenvalue weighted by Gasteiger charge is 2.31. The van der Waals surface area contributed by atoms with Crippen LogP contribution in [-0.4, -0.2) is 40.3 Å². The van der Waals surface area contributed by atoms with Gasteiger partial charge in [0.2, 0.25) is 0 Å². The molecule has 22 heavy (non-hydrogen) atoms. The van der Waals surface area contributed by atoms with Crippen molar-refractivity contribution in [3.05, 3.63) is 0 Å². The lowest BCUT2D eigenvalue weighted by Gasteiger charge is -2.31. The summed E-state index contributed by atoms with van der Waals surface area (Å²) in [6.45, 7) is 20.0. The van der Waals surface area contributed by atoms with E-state index in [0.29, 0.717) is 10.5 Å². The molecule has 8 heteroatoms. The first kappa shape index (κ1) is 23.4. The first-order chi connectivity index (χ1) is 10.1. The van der Waals surface area contributed by atoms with Crippen LogP contribution in [-0.2, 0) is 47.3 Å². The zero-order valence-electron chi connectivity index (χ0n) is 15.4. The summed E-state index contributed by atoms with van der Waals surface area (Å²) in [4.78, 5) is 0. The highest BCUT2D eigenvalue weighted by Crippen LogP contribution is 2.24. The largest absolute Gasteiger partial charge is 0.418 e. The fourth-order valence-electron chi connectivity index (χ4n) is 3.01. The van der Waals surface area contributed by atoms with Gasteiger partial charge >= 0.3 is 0 Å². The fourth-order valence-corrected chi connectivity index (χ4v) is 19.4. The Balaban J connectivity index is 5.08. The highest BCUT2D eigenvalue weighted by atomic mass is 33.2. The molecule has 0 spiro atoms. The van der Waals surface area contributed by atoms with Crippen LogP contribution in [0.2, 0.25) is 38.3 Å². The zero-order chi connectivity index (χ0) is 17.4. The molecule has 0 bridgehead atoms. The van der Waals surface area contributed by atoms with Crippen molar-refractivity contribution < 1.29 is 8.85 Å². The van der Waals surface area contributed by atoms with E-state index in [2.05, 4.69) is 53.9 Å². The standard InChI is InChI=1S/C14H34O2S4Si2/c1-9-15-21(5,6)11-13(3)20(19-18-17)14(4)12-22(7,8)16-10-2/h13-14H,9-12H2,1-8H3. The molecular weight excluding hydrogens is 385 g/mol. The molecule has 0 aliphatic rings. The Hall–Kier alpha value is 1.36. The van der Waals surface area contributed by atoms with E-state index in [9.17, 15) is 0 Å². The molecule has 0 rings (SSSR count). The Morgan fingerprint density at radius 2 is 1.27 bits per heavy atom. The van der Waals surface area contributed by atoms with E-state index in [4.69, 9.17) is 20.0 Å². The zero-order valence-corrected chi connectivity index (χ0v) is 20.7. The van der Waals surface area contributed by atoms with Crippen molar-refractivity contribution in [1.29, 1.82) is 0 Å². The highest BCUT2D eigenvalue weighted by molar-refractivity contribution is 8.58. The lowest BCUT2D eigenvalue weighted by Crippen LogP contribution is -2.39. The number of hydrogen-bond donors (Lipinski definition) is 0.